The fourth-order valence-corrected chi connectivity index (χ4v) is 6.89. The van der Waals surface area contributed by atoms with Gasteiger partial charge in [-0.2, -0.15) is 0 Å². The van der Waals surface area contributed by atoms with Crippen LogP contribution in [-0.4, -0.2) is 34.3 Å². The maximum Gasteiger partial charge on any atom is 0.184 e. The summed E-state index contributed by atoms with van der Waals surface area (Å²) < 4.78 is 6.54. The molecule has 0 amide bonds. The Kier molecular flexibility index (Phi) is 7.46. The number of allylic oxidation sites excluding steroid dienone is 5. The first-order valence-corrected chi connectivity index (χ1v) is 13.9. The molecule has 1 fully saturated rings. The van der Waals surface area contributed by atoms with Crippen molar-refractivity contribution in [1.82, 2.24) is 0 Å². The number of carbonyl (C=O) groups excluding carboxylic acids is 3. The third-order valence-corrected chi connectivity index (χ3v) is 9.38. The predicted molar refractivity (Wildman–Crippen MR) is 150 cm³/mol. The molecule has 1 aromatic carbocycles. The number of hydrogen-bond donors (Lipinski definition) is 1. The number of carbonyl (C=O) groups is 3. The Labute approximate surface area is 232 Å². The van der Waals surface area contributed by atoms with Crippen LogP contribution in [0.5, 0.6) is 0 Å². The summed E-state index contributed by atoms with van der Waals surface area (Å²) in [7, 11) is 0. The summed E-state index contributed by atoms with van der Waals surface area (Å²) >= 11 is 0. The van der Waals surface area contributed by atoms with Gasteiger partial charge in [0.1, 0.15) is 17.5 Å². The van der Waals surface area contributed by atoms with E-state index in [1.807, 2.05) is 53.7 Å². The third-order valence-electron chi connectivity index (χ3n) is 9.38. The van der Waals surface area contributed by atoms with Crippen LogP contribution in [0, 0.1) is 22.2 Å². The topological polar surface area (TPSA) is 89.9 Å². The van der Waals surface area contributed by atoms with Crippen molar-refractivity contribution in [1.29, 1.82) is 0 Å². The third kappa shape index (κ3) is 4.27. The van der Waals surface area contributed by atoms with Gasteiger partial charge in [0.25, 0.3) is 0 Å². The van der Waals surface area contributed by atoms with Gasteiger partial charge in [-0.15, -0.1) is 0 Å². The van der Waals surface area contributed by atoms with Gasteiger partial charge < -0.3 is 4.74 Å². The molecule has 1 aliphatic heterocycles. The van der Waals surface area contributed by atoms with Gasteiger partial charge in [0.15, 0.2) is 22.8 Å². The van der Waals surface area contributed by atoms with Gasteiger partial charge in [-0.05, 0) is 72.1 Å². The summed E-state index contributed by atoms with van der Waals surface area (Å²) in [5.74, 6) is -1.04. The van der Waals surface area contributed by atoms with E-state index in [4.69, 9.17) is 9.62 Å². The van der Waals surface area contributed by atoms with Gasteiger partial charge in [0.05, 0.1) is 5.41 Å². The number of benzene rings is 1. The van der Waals surface area contributed by atoms with Crippen LogP contribution in [0.15, 0.2) is 65.0 Å². The molecule has 3 aliphatic rings. The molecule has 1 N–H and O–H groups in total. The highest BCUT2D eigenvalue weighted by molar-refractivity contribution is 6.30. The second-order valence-electron chi connectivity index (χ2n) is 13.1. The number of ether oxygens (including phenoxy) is 1. The van der Waals surface area contributed by atoms with Crippen LogP contribution in [0.1, 0.15) is 91.4 Å². The molecule has 0 aromatic heterocycles. The SMILES string of the molecule is CC(C)=CC[C@H]1C[C@@]2(CC=C(C)C)C(=O)C3=C(OC(C)(C)[C@@H](OO)C3)[C@](C(=O)c3ccccc3)(C2=O)C1(C)C. The molecule has 6 nitrogen and oxygen atoms in total. The van der Waals surface area contributed by atoms with Crippen LogP contribution in [0.4, 0.5) is 0 Å². The van der Waals surface area contributed by atoms with E-state index in [9.17, 15) is 14.8 Å². The fourth-order valence-electron chi connectivity index (χ4n) is 6.89. The second-order valence-corrected chi connectivity index (χ2v) is 13.1. The van der Waals surface area contributed by atoms with Crippen molar-refractivity contribution in [3.8, 4) is 0 Å². The van der Waals surface area contributed by atoms with E-state index in [2.05, 4.69) is 6.08 Å². The molecule has 0 saturated heterocycles. The van der Waals surface area contributed by atoms with Gasteiger partial charge in [0.2, 0.25) is 0 Å². The smallest absolute Gasteiger partial charge is 0.184 e. The zero-order valence-electron chi connectivity index (χ0n) is 24.5. The lowest BCUT2D eigenvalue weighted by Crippen LogP contribution is -2.70. The van der Waals surface area contributed by atoms with Crippen molar-refractivity contribution < 1.29 is 29.3 Å². The van der Waals surface area contributed by atoms with E-state index in [0.29, 0.717) is 18.4 Å². The molecule has 4 rings (SSSR count). The van der Waals surface area contributed by atoms with Gasteiger partial charge in [0, 0.05) is 17.6 Å². The van der Waals surface area contributed by atoms with Gasteiger partial charge in [-0.25, -0.2) is 4.89 Å². The summed E-state index contributed by atoms with van der Waals surface area (Å²) in [4.78, 5) is 49.3. The molecule has 1 aromatic rings. The monoisotopic (exact) mass is 534 g/mol. The lowest BCUT2D eigenvalue weighted by atomic mass is 9.39. The van der Waals surface area contributed by atoms with Crippen molar-refractivity contribution >= 4 is 17.3 Å². The van der Waals surface area contributed by atoms with Gasteiger partial charge >= 0.3 is 0 Å². The Morgan fingerprint density at radius 1 is 1.03 bits per heavy atom. The summed E-state index contributed by atoms with van der Waals surface area (Å²) in [5.41, 5.74) is -2.28. The van der Waals surface area contributed by atoms with Crippen molar-refractivity contribution in [3.05, 3.63) is 70.5 Å². The number of ketones is 3. The van der Waals surface area contributed by atoms with Crippen LogP contribution >= 0.6 is 0 Å². The predicted octanol–water partition coefficient (Wildman–Crippen LogP) is 7.06. The largest absolute Gasteiger partial charge is 0.487 e. The molecule has 4 atom stereocenters. The number of rotatable bonds is 7. The minimum absolute atomic E-state index is 0.0556. The Balaban J connectivity index is 2.13. The van der Waals surface area contributed by atoms with Crippen molar-refractivity contribution in [2.45, 2.75) is 92.8 Å². The van der Waals surface area contributed by atoms with E-state index < -0.39 is 27.9 Å². The molecule has 6 heteroatoms. The van der Waals surface area contributed by atoms with Crippen LogP contribution in [0.3, 0.4) is 0 Å². The van der Waals surface area contributed by atoms with Crippen LogP contribution in [-0.2, 0) is 19.2 Å². The molecule has 1 saturated carbocycles. The van der Waals surface area contributed by atoms with Crippen molar-refractivity contribution in [2.75, 3.05) is 0 Å². The normalized spacial score (nSPS) is 30.7. The first-order valence-electron chi connectivity index (χ1n) is 13.9. The lowest BCUT2D eigenvalue weighted by Gasteiger charge is -2.62. The van der Waals surface area contributed by atoms with E-state index in [0.717, 1.165) is 11.1 Å². The van der Waals surface area contributed by atoms with Gasteiger partial charge in [-0.1, -0.05) is 67.5 Å². The summed E-state index contributed by atoms with van der Waals surface area (Å²) in [6, 6.07) is 8.85. The Hall–Kier alpha value is -2.83. The Morgan fingerprint density at radius 3 is 2.21 bits per heavy atom. The minimum atomic E-state index is -1.72. The standard InChI is InChI=1S/C33H42O6/c1-20(2)14-15-23-19-32(17-16-21(3)4)27(35)24-18-25(39-37)31(7,8)38-28(24)33(29(32)36,30(23,5)6)26(34)22-12-10-9-11-13-22/h9-14,16,23,25,37H,15,17-19H2,1-8H3/t23-,25-,32-,33+/m0/s1. The maximum atomic E-state index is 15.1. The van der Waals surface area contributed by atoms with E-state index in [-0.39, 0.29) is 47.4 Å². The maximum absolute atomic E-state index is 15.1. The highest BCUT2D eigenvalue weighted by atomic mass is 17.1. The average molecular weight is 535 g/mol. The Bertz CT molecular complexity index is 1270. The molecule has 210 valence electrons. The van der Waals surface area contributed by atoms with E-state index in [1.165, 1.54) is 0 Å². The molecule has 0 unspecified atom stereocenters. The molecular weight excluding hydrogens is 492 g/mol. The minimum Gasteiger partial charge on any atom is -0.487 e. The summed E-state index contributed by atoms with van der Waals surface area (Å²) in [6.45, 7) is 15.4. The van der Waals surface area contributed by atoms with Crippen LogP contribution in [0.25, 0.3) is 0 Å². The van der Waals surface area contributed by atoms with E-state index >= 15 is 4.79 Å². The summed E-state index contributed by atoms with van der Waals surface area (Å²) in [5, 5.41) is 9.75. The molecule has 1 heterocycles. The van der Waals surface area contributed by atoms with Crippen LogP contribution in [0.2, 0.25) is 0 Å². The fraction of sp³-hybridized carbons (Fsp3) is 0.545. The lowest BCUT2D eigenvalue weighted by molar-refractivity contribution is -0.317. The quantitative estimate of drug-likeness (QED) is 0.132. The Morgan fingerprint density at radius 2 is 1.64 bits per heavy atom. The first-order chi connectivity index (χ1) is 18.2. The van der Waals surface area contributed by atoms with Crippen LogP contribution < -0.4 is 0 Å². The van der Waals surface area contributed by atoms with Crippen molar-refractivity contribution in [2.24, 2.45) is 22.2 Å². The van der Waals surface area contributed by atoms with Crippen molar-refractivity contribution in [3.63, 3.8) is 0 Å². The number of Topliss-reactive ketones (excluding diaryl/α,β-unsaturated/α-hetero) is 3. The zero-order chi connectivity index (χ0) is 29.0. The second kappa shape index (κ2) is 9.97. The molecule has 2 aliphatic carbocycles. The number of hydrogen-bond acceptors (Lipinski definition) is 6. The number of fused-ring (bicyclic) bond motifs is 3. The highest BCUT2D eigenvalue weighted by Gasteiger charge is 2.76. The summed E-state index contributed by atoms with van der Waals surface area (Å²) in [6.07, 6.45) is 4.47. The first kappa shape index (κ1) is 29.2. The molecular formula is C33H42O6. The molecule has 0 radical (unpaired) electrons. The average Bonchev–Trinajstić information content (AvgIpc) is 2.87. The highest BCUT2D eigenvalue weighted by Crippen LogP contribution is 2.68. The molecule has 0 spiro atoms. The zero-order valence-corrected chi connectivity index (χ0v) is 24.5. The van der Waals surface area contributed by atoms with E-state index in [1.54, 1.807) is 38.1 Å². The molecule has 2 bridgehead atoms. The van der Waals surface area contributed by atoms with Gasteiger partial charge in [-0.3, -0.25) is 19.6 Å². The molecule has 39 heavy (non-hydrogen) atoms.